The van der Waals surface area contributed by atoms with Crippen molar-refractivity contribution in [2.24, 2.45) is 0 Å². The monoisotopic (exact) mass is 415 g/mol. The van der Waals surface area contributed by atoms with Gasteiger partial charge in [0.25, 0.3) is 5.91 Å². The summed E-state index contributed by atoms with van der Waals surface area (Å²) in [5, 5.41) is 1.05. The van der Waals surface area contributed by atoms with E-state index in [1.807, 2.05) is 29.2 Å². The number of hydrogen-bond donors (Lipinski definition) is 0. The molecule has 1 aliphatic heterocycles. The first-order valence-corrected chi connectivity index (χ1v) is 9.89. The van der Waals surface area contributed by atoms with E-state index < -0.39 is 0 Å². The number of carbonyl (C=O) groups excluding carboxylic acids is 1. The number of anilines is 1. The van der Waals surface area contributed by atoms with Crippen LogP contribution in [-0.4, -0.2) is 42.0 Å². The standard InChI is InChI=1S/C19H18BrN3OS/c1-13-6-7-16-17(12-13)25-19(21-16)23-10-8-22(9-11-23)18(24)14-4-2-3-5-15(14)20/h2-7,12H,8-11H2,1H3. The Morgan fingerprint density at radius 2 is 1.88 bits per heavy atom. The molecule has 0 spiro atoms. The highest BCUT2D eigenvalue weighted by molar-refractivity contribution is 9.10. The second kappa shape index (κ2) is 6.77. The molecular formula is C19H18BrN3OS. The Morgan fingerprint density at radius 3 is 2.64 bits per heavy atom. The molecule has 0 radical (unpaired) electrons. The molecule has 128 valence electrons. The highest BCUT2D eigenvalue weighted by Gasteiger charge is 2.24. The van der Waals surface area contributed by atoms with Gasteiger partial charge >= 0.3 is 0 Å². The molecule has 4 rings (SSSR count). The van der Waals surface area contributed by atoms with Crippen molar-refractivity contribution >= 4 is 48.5 Å². The quantitative estimate of drug-likeness (QED) is 0.624. The number of piperazine rings is 1. The van der Waals surface area contributed by atoms with E-state index in [0.29, 0.717) is 0 Å². The summed E-state index contributed by atoms with van der Waals surface area (Å²) in [7, 11) is 0. The van der Waals surface area contributed by atoms with Gasteiger partial charge in [-0.1, -0.05) is 29.5 Å². The van der Waals surface area contributed by atoms with Crippen molar-refractivity contribution in [3.05, 3.63) is 58.1 Å². The summed E-state index contributed by atoms with van der Waals surface area (Å²) in [4.78, 5) is 21.7. The average Bonchev–Trinajstić information content (AvgIpc) is 3.05. The van der Waals surface area contributed by atoms with Gasteiger partial charge in [-0.15, -0.1) is 0 Å². The Balaban J connectivity index is 1.47. The van der Waals surface area contributed by atoms with E-state index in [1.165, 1.54) is 10.3 Å². The van der Waals surface area contributed by atoms with Gasteiger partial charge in [-0.05, 0) is 52.7 Å². The van der Waals surface area contributed by atoms with Crippen molar-refractivity contribution in [1.82, 2.24) is 9.88 Å². The molecule has 1 aliphatic rings. The van der Waals surface area contributed by atoms with Crippen LogP contribution >= 0.6 is 27.3 Å². The van der Waals surface area contributed by atoms with E-state index in [2.05, 4.69) is 46.0 Å². The summed E-state index contributed by atoms with van der Waals surface area (Å²) < 4.78 is 2.07. The zero-order chi connectivity index (χ0) is 17.4. The summed E-state index contributed by atoms with van der Waals surface area (Å²) in [5.41, 5.74) is 3.04. The fourth-order valence-electron chi connectivity index (χ4n) is 3.06. The van der Waals surface area contributed by atoms with Crippen LogP contribution in [-0.2, 0) is 0 Å². The molecule has 2 heterocycles. The summed E-state index contributed by atoms with van der Waals surface area (Å²) in [6.07, 6.45) is 0. The lowest BCUT2D eigenvalue weighted by Gasteiger charge is -2.34. The van der Waals surface area contributed by atoms with Crippen LogP contribution in [0.15, 0.2) is 46.9 Å². The van der Waals surface area contributed by atoms with E-state index in [-0.39, 0.29) is 5.91 Å². The molecule has 1 aromatic heterocycles. The smallest absolute Gasteiger partial charge is 0.255 e. The number of aromatic nitrogens is 1. The number of thiazole rings is 1. The molecule has 4 nitrogen and oxygen atoms in total. The predicted octanol–water partition coefficient (Wildman–Crippen LogP) is 4.33. The number of nitrogens with zero attached hydrogens (tertiary/aromatic N) is 3. The zero-order valence-corrected chi connectivity index (χ0v) is 16.3. The minimum Gasteiger partial charge on any atom is -0.345 e. The lowest BCUT2D eigenvalue weighted by atomic mass is 10.2. The molecule has 3 aromatic rings. The zero-order valence-electron chi connectivity index (χ0n) is 13.9. The summed E-state index contributed by atoms with van der Waals surface area (Å²) in [5.74, 6) is 0.0899. The van der Waals surface area contributed by atoms with Crippen LogP contribution in [0.2, 0.25) is 0 Å². The molecule has 0 unspecified atom stereocenters. The Bertz CT molecular complexity index is 931. The van der Waals surface area contributed by atoms with Gasteiger partial charge in [0.1, 0.15) is 0 Å². The molecule has 6 heteroatoms. The molecule has 0 bridgehead atoms. The maximum Gasteiger partial charge on any atom is 0.255 e. The molecule has 1 amide bonds. The van der Waals surface area contributed by atoms with Crippen LogP contribution in [0.3, 0.4) is 0 Å². The van der Waals surface area contributed by atoms with Gasteiger partial charge in [-0.3, -0.25) is 4.79 Å². The van der Waals surface area contributed by atoms with Crippen molar-refractivity contribution < 1.29 is 4.79 Å². The SMILES string of the molecule is Cc1ccc2nc(N3CCN(C(=O)c4ccccc4Br)CC3)sc2c1. The van der Waals surface area contributed by atoms with Gasteiger partial charge in [0, 0.05) is 30.7 Å². The number of aryl methyl sites for hydroxylation is 1. The third-order valence-electron chi connectivity index (χ3n) is 4.47. The third kappa shape index (κ3) is 3.28. The van der Waals surface area contributed by atoms with Gasteiger partial charge in [0.05, 0.1) is 15.8 Å². The number of benzene rings is 2. The van der Waals surface area contributed by atoms with Gasteiger partial charge in [-0.2, -0.15) is 0 Å². The Labute approximate surface area is 159 Å². The fourth-order valence-corrected chi connectivity index (χ4v) is 4.63. The molecular weight excluding hydrogens is 398 g/mol. The first kappa shape index (κ1) is 16.5. The van der Waals surface area contributed by atoms with Crippen LogP contribution in [0.1, 0.15) is 15.9 Å². The second-order valence-corrected chi connectivity index (χ2v) is 8.09. The second-order valence-electron chi connectivity index (χ2n) is 6.23. The van der Waals surface area contributed by atoms with E-state index in [0.717, 1.165) is 46.9 Å². The molecule has 1 saturated heterocycles. The third-order valence-corrected chi connectivity index (χ3v) is 6.24. The van der Waals surface area contributed by atoms with Gasteiger partial charge < -0.3 is 9.80 Å². The molecule has 1 fully saturated rings. The lowest BCUT2D eigenvalue weighted by Crippen LogP contribution is -2.48. The van der Waals surface area contributed by atoms with Crippen LogP contribution in [0.25, 0.3) is 10.2 Å². The molecule has 0 aliphatic carbocycles. The van der Waals surface area contributed by atoms with Gasteiger partial charge in [0.15, 0.2) is 5.13 Å². The lowest BCUT2D eigenvalue weighted by molar-refractivity contribution is 0.0746. The highest BCUT2D eigenvalue weighted by Crippen LogP contribution is 2.30. The van der Waals surface area contributed by atoms with E-state index in [4.69, 9.17) is 4.98 Å². The van der Waals surface area contributed by atoms with Crippen LogP contribution in [0.5, 0.6) is 0 Å². The summed E-state index contributed by atoms with van der Waals surface area (Å²) in [6, 6.07) is 14.0. The maximum absolute atomic E-state index is 12.7. The minimum absolute atomic E-state index is 0.0899. The topological polar surface area (TPSA) is 36.4 Å². The van der Waals surface area contributed by atoms with Crippen molar-refractivity contribution in [1.29, 1.82) is 0 Å². The maximum atomic E-state index is 12.7. The number of fused-ring (bicyclic) bond motifs is 1. The Hall–Kier alpha value is -1.92. The molecule has 0 atom stereocenters. The molecule has 0 N–H and O–H groups in total. The average molecular weight is 416 g/mol. The summed E-state index contributed by atoms with van der Waals surface area (Å²) >= 11 is 5.20. The van der Waals surface area contributed by atoms with Crippen molar-refractivity contribution in [3.63, 3.8) is 0 Å². The van der Waals surface area contributed by atoms with E-state index in [1.54, 1.807) is 11.3 Å². The van der Waals surface area contributed by atoms with Crippen molar-refractivity contribution in [2.45, 2.75) is 6.92 Å². The number of amides is 1. The number of hydrogen-bond acceptors (Lipinski definition) is 4. The van der Waals surface area contributed by atoms with Gasteiger partial charge in [0.2, 0.25) is 0 Å². The molecule has 2 aromatic carbocycles. The van der Waals surface area contributed by atoms with Crippen LogP contribution in [0, 0.1) is 6.92 Å². The predicted molar refractivity (Wildman–Crippen MR) is 107 cm³/mol. The highest BCUT2D eigenvalue weighted by atomic mass is 79.9. The van der Waals surface area contributed by atoms with Gasteiger partial charge in [-0.25, -0.2) is 4.98 Å². The van der Waals surface area contributed by atoms with Crippen molar-refractivity contribution in [2.75, 3.05) is 31.1 Å². The number of carbonyl (C=O) groups is 1. The van der Waals surface area contributed by atoms with Crippen LogP contribution < -0.4 is 4.90 Å². The number of rotatable bonds is 2. The first-order chi connectivity index (χ1) is 12.1. The fraction of sp³-hybridized carbons (Fsp3) is 0.263. The minimum atomic E-state index is 0.0899. The molecule has 0 saturated carbocycles. The van der Waals surface area contributed by atoms with Crippen LogP contribution in [0.4, 0.5) is 5.13 Å². The number of halogens is 1. The largest absolute Gasteiger partial charge is 0.345 e. The Kier molecular flexibility index (Phi) is 4.48. The van der Waals surface area contributed by atoms with Crippen molar-refractivity contribution in [3.8, 4) is 0 Å². The Morgan fingerprint density at radius 1 is 1.12 bits per heavy atom. The van der Waals surface area contributed by atoms with E-state index >= 15 is 0 Å². The summed E-state index contributed by atoms with van der Waals surface area (Å²) in [6.45, 7) is 5.17. The first-order valence-electron chi connectivity index (χ1n) is 8.28. The molecule has 25 heavy (non-hydrogen) atoms. The van der Waals surface area contributed by atoms with E-state index in [9.17, 15) is 4.79 Å². The normalized spacial score (nSPS) is 15.0.